The van der Waals surface area contributed by atoms with Gasteiger partial charge in [-0.2, -0.15) is 0 Å². The van der Waals surface area contributed by atoms with Crippen LogP contribution in [0.3, 0.4) is 0 Å². The van der Waals surface area contributed by atoms with Crippen molar-refractivity contribution >= 4 is 11.0 Å². The number of aromatic amines is 1. The van der Waals surface area contributed by atoms with Crippen LogP contribution in [-0.2, 0) is 6.42 Å². The lowest BCUT2D eigenvalue weighted by Gasteiger charge is -2.22. The normalized spacial score (nSPS) is 12.2. The number of hydrogen-bond donors (Lipinski definition) is 2. The SMILES string of the molecule is CC(C)(CCN)CCc1nc2ccc(F)cc2[nH]1. The molecule has 0 aliphatic carbocycles. The molecule has 2 aromatic rings. The van der Waals surface area contributed by atoms with Crippen LogP contribution in [0.1, 0.15) is 32.5 Å². The number of nitrogens with two attached hydrogens (primary N) is 1. The summed E-state index contributed by atoms with van der Waals surface area (Å²) in [4.78, 5) is 7.63. The monoisotopic (exact) mass is 249 g/mol. The van der Waals surface area contributed by atoms with Gasteiger partial charge in [-0.05, 0) is 43.0 Å². The smallest absolute Gasteiger partial charge is 0.125 e. The van der Waals surface area contributed by atoms with Gasteiger partial charge in [-0.1, -0.05) is 13.8 Å². The Morgan fingerprint density at radius 1 is 1.33 bits per heavy atom. The molecule has 3 nitrogen and oxygen atoms in total. The van der Waals surface area contributed by atoms with Crippen LogP contribution in [-0.4, -0.2) is 16.5 Å². The van der Waals surface area contributed by atoms with Gasteiger partial charge in [0.25, 0.3) is 0 Å². The van der Waals surface area contributed by atoms with Crippen molar-refractivity contribution in [2.75, 3.05) is 6.54 Å². The topological polar surface area (TPSA) is 54.7 Å². The van der Waals surface area contributed by atoms with Crippen molar-refractivity contribution in [2.45, 2.75) is 33.1 Å². The van der Waals surface area contributed by atoms with E-state index in [9.17, 15) is 4.39 Å². The number of benzene rings is 1. The van der Waals surface area contributed by atoms with Crippen molar-refractivity contribution in [1.29, 1.82) is 0 Å². The van der Waals surface area contributed by atoms with Crippen LogP contribution in [0.2, 0.25) is 0 Å². The fraction of sp³-hybridized carbons (Fsp3) is 0.500. The third-order valence-electron chi connectivity index (χ3n) is 3.35. The second-order valence-corrected chi connectivity index (χ2v) is 5.55. The molecule has 0 aliphatic rings. The summed E-state index contributed by atoms with van der Waals surface area (Å²) in [5.41, 5.74) is 7.41. The average molecular weight is 249 g/mol. The van der Waals surface area contributed by atoms with E-state index in [4.69, 9.17) is 5.73 Å². The van der Waals surface area contributed by atoms with Gasteiger partial charge in [0.15, 0.2) is 0 Å². The molecule has 0 bridgehead atoms. The highest BCUT2D eigenvalue weighted by Gasteiger charge is 2.17. The molecule has 18 heavy (non-hydrogen) atoms. The summed E-state index contributed by atoms with van der Waals surface area (Å²) >= 11 is 0. The highest BCUT2D eigenvalue weighted by Crippen LogP contribution is 2.26. The maximum absolute atomic E-state index is 13.1. The molecule has 3 N–H and O–H groups in total. The third-order valence-corrected chi connectivity index (χ3v) is 3.35. The number of aryl methyl sites for hydroxylation is 1. The molecule has 0 amide bonds. The second kappa shape index (κ2) is 5.06. The maximum Gasteiger partial charge on any atom is 0.125 e. The molecular weight excluding hydrogens is 229 g/mol. The van der Waals surface area contributed by atoms with Crippen LogP contribution in [0, 0.1) is 11.2 Å². The molecule has 0 saturated heterocycles. The van der Waals surface area contributed by atoms with Crippen LogP contribution in [0.25, 0.3) is 11.0 Å². The van der Waals surface area contributed by atoms with E-state index in [0.717, 1.165) is 36.1 Å². The Balaban J connectivity index is 2.08. The van der Waals surface area contributed by atoms with E-state index in [1.165, 1.54) is 12.1 Å². The molecule has 0 fully saturated rings. The summed E-state index contributed by atoms with van der Waals surface area (Å²) in [5, 5.41) is 0. The van der Waals surface area contributed by atoms with Crippen molar-refractivity contribution in [1.82, 2.24) is 9.97 Å². The van der Waals surface area contributed by atoms with Gasteiger partial charge in [-0.15, -0.1) is 0 Å². The van der Waals surface area contributed by atoms with E-state index < -0.39 is 0 Å². The summed E-state index contributed by atoms with van der Waals surface area (Å²) < 4.78 is 13.1. The minimum absolute atomic E-state index is 0.221. The van der Waals surface area contributed by atoms with Crippen molar-refractivity contribution < 1.29 is 4.39 Å². The fourth-order valence-electron chi connectivity index (χ4n) is 2.13. The van der Waals surface area contributed by atoms with E-state index in [2.05, 4.69) is 23.8 Å². The van der Waals surface area contributed by atoms with Crippen LogP contribution in [0.15, 0.2) is 18.2 Å². The molecule has 4 heteroatoms. The Kier molecular flexibility index (Phi) is 3.66. The standard InChI is InChI=1S/C14H20FN3/c1-14(2,7-8-16)6-5-13-17-11-4-3-10(15)9-12(11)18-13/h3-4,9H,5-8,16H2,1-2H3,(H,17,18). The molecule has 0 radical (unpaired) electrons. The number of aromatic nitrogens is 2. The van der Waals surface area contributed by atoms with Crippen molar-refractivity contribution in [3.63, 3.8) is 0 Å². The van der Waals surface area contributed by atoms with Gasteiger partial charge in [0.1, 0.15) is 11.6 Å². The Hall–Kier alpha value is -1.42. The van der Waals surface area contributed by atoms with Gasteiger partial charge in [0.05, 0.1) is 11.0 Å². The molecule has 98 valence electrons. The van der Waals surface area contributed by atoms with Crippen molar-refractivity contribution in [3.05, 3.63) is 29.8 Å². The first-order valence-corrected chi connectivity index (χ1v) is 6.34. The summed E-state index contributed by atoms with van der Waals surface area (Å²) in [6.45, 7) is 5.13. The first-order chi connectivity index (χ1) is 8.50. The number of nitrogens with one attached hydrogen (secondary N) is 1. The molecule has 1 heterocycles. The Morgan fingerprint density at radius 3 is 2.83 bits per heavy atom. The first kappa shape index (κ1) is 13.0. The van der Waals surface area contributed by atoms with Crippen LogP contribution in [0.5, 0.6) is 0 Å². The predicted molar refractivity (Wildman–Crippen MR) is 71.8 cm³/mol. The van der Waals surface area contributed by atoms with Gasteiger partial charge in [-0.25, -0.2) is 9.37 Å². The van der Waals surface area contributed by atoms with Crippen LogP contribution in [0.4, 0.5) is 4.39 Å². The Labute approximate surface area is 107 Å². The minimum Gasteiger partial charge on any atom is -0.342 e. The second-order valence-electron chi connectivity index (χ2n) is 5.55. The number of hydrogen-bond acceptors (Lipinski definition) is 2. The zero-order valence-electron chi connectivity index (χ0n) is 11.0. The molecule has 0 unspecified atom stereocenters. The molecule has 1 aromatic heterocycles. The minimum atomic E-state index is -0.235. The number of H-pyrrole nitrogens is 1. The zero-order chi connectivity index (χ0) is 13.2. The van der Waals surface area contributed by atoms with E-state index in [1.807, 2.05) is 0 Å². The number of nitrogens with zero attached hydrogens (tertiary/aromatic N) is 1. The molecule has 1 aromatic carbocycles. The molecule has 0 spiro atoms. The van der Waals surface area contributed by atoms with Gasteiger partial charge >= 0.3 is 0 Å². The van der Waals surface area contributed by atoms with Gasteiger partial charge in [-0.3, -0.25) is 0 Å². The number of imidazole rings is 1. The summed E-state index contributed by atoms with van der Waals surface area (Å²) in [6.07, 6.45) is 2.89. The van der Waals surface area contributed by atoms with Gasteiger partial charge in [0.2, 0.25) is 0 Å². The average Bonchev–Trinajstić information content (AvgIpc) is 2.68. The lowest BCUT2D eigenvalue weighted by atomic mass is 9.84. The quantitative estimate of drug-likeness (QED) is 0.855. The molecule has 0 saturated carbocycles. The van der Waals surface area contributed by atoms with Crippen LogP contribution < -0.4 is 5.73 Å². The van der Waals surface area contributed by atoms with Crippen molar-refractivity contribution in [3.8, 4) is 0 Å². The van der Waals surface area contributed by atoms with E-state index in [-0.39, 0.29) is 11.2 Å². The maximum atomic E-state index is 13.1. The summed E-state index contributed by atoms with van der Waals surface area (Å²) in [7, 11) is 0. The highest BCUT2D eigenvalue weighted by molar-refractivity contribution is 5.74. The highest BCUT2D eigenvalue weighted by atomic mass is 19.1. The molecular formula is C14H20FN3. The van der Waals surface area contributed by atoms with E-state index in [0.29, 0.717) is 6.54 Å². The molecule has 2 rings (SSSR count). The lowest BCUT2D eigenvalue weighted by molar-refractivity contribution is 0.311. The summed E-state index contributed by atoms with van der Waals surface area (Å²) in [5.74, 6) is 0.682. The molecule has 0 aliphatic heterocycles. The Bertz CT molecular complexity index is 531. The number of rotatable bonds is 5. The van der Waals surface area contributed by atoms with E-state index in [1.54, 1.807) is 6.07 Å². The van der Waals surface area contributed by atoms with Gasteiger partial charge in [0, 0.05) is 6.42 Å². The lowest BCUT2D eigenvalue weighted by Crippen LogP contribution is -2.18. The fourth-order valence-corrected chi connectivity index (χ4v) is 2.13. The zero-order valence-corrected chi connectivity index (χ0v) is 11.0. The predicted octanol–water partition coefficient (Wildman–Crippen LogP) is 3.01. The first-order valence-electron chi connectivity index (χ1n) is 6.34. The Morgan fingerprint density at radius 2 is 2.11 bits per heavy atom. The van der Waals surface area contributed by atoms with Gasteiger partial charge < -0.3 is 10.7 Å². The molecule has 0 atom stereocenters. The third kappa shape index (κ3) is 3.07. The summed E-state index contributed by atoms with van der Waals surface area (Å²) in [6, 6.07) is 4.62. The number of halogens is 1. The van der Waals surface area contributed by atoms with Crippen LogP contribution >= 0.6 is 0 Å². The largest absolute Gasteiger partial charge is 0.342 e. The van der Waals surface area contributed by atoms with E-state index >= 15 is 0 Å². The number of fused-ring (bicyclic) bond motifs is 1. The van der Waals surface area contributed by atoms with Crippen molar-refractivity contribution in [2.24, 2.45) is 11.1 Å².